The predicted molar refractivity (Wildman–Crippen MR) is 82.1 cm³/mol. The minimum absolute atomic E-state index is 0.162. The molecule has 0 saturated carbocycles. The lowest BCUT2D eigenvalue weighted by atomic mass is 9.98. The molecule has 1 heterocycles. The highest BCUT2D eigenvalue weighted by Gasteiger charge is 2.22. The Bertz CT molecular complexity index is 587. The number of hydrogen-bond acceptors (Lipinski definition) is 3. The molecule has 1 aromatic carbocycles. The van der Waals surface area contributed by atoms with Gasteiger partial charge in [0.05, 0.1) is 17.2 Å². The number of carbonyl (C=O) groups is 1. The Balaban J connectivity index is 2.07. The van der Waals surface area contributed by atoms with Crippen molar-refractivity contribution in [3.05, 3.63) is 66.0 Å². The normalized spacial score (nSPS) is 11.6. The van der Waals surface area contributed by atoms with E-state index < -0.39 is 5.92 Å². The van der Waals surface area contributed by atoms with E-state index >= 15 is 0 Å². The standard InChI is InChI=1S/C15H15N3OS/c16-14(20)13(11-6-2-1-3-7-11)15(19)18-10-12-8-4-5-9-17-12/h1-9,13H,10H2,(H2,16,20)(H,18,19). The summed E-state index contributed by atoms with van der Waals surface area (Å²) in [6.45, 7) is 0.353. The highest BCUT2D eigenvalue weighted by atomic mass is 32.1. The zero-order valence-corrected chi connectivity index (χ0v) is 11.6. The monoisotopic (exact) mass is 285 g/mol. The Kier molecular flexibility index (Phi) is 4.79. The average Bonchev–Trinajstić information content (AvgIpc) is 2.47. The van der Waals surface area contributed by atoms with Gasteiger partial charge in [-0.05, 0) is 17.7 Å². The van der Waals surface area contributed by atoms with Gasteiger partial charge in [-0.15, -0.1) is 0 Å². The van der Waals surface area contributed by atoms with Gasteiger partial charge in [0.2, 0.25) is 5.91 Å². The highest BCUT2D eigenvalue weighted by Crippen LogP contribution is 2.16. The van der Waals surface area contributed by atoms with E-state index in [1.54, 1.807) is 6.20 Å². The molecular formula is C15H15N3OS. The molecule has 3 N–H and O–H groups in total. The van der Waals surface area contributed by atoms with E-state index in [0.717, 1.165) is 11.3 Å². The second kappa shape index (κ2) is 6.77. The Hall–Kier alpha value is -2.27. The summed E-state index contributed by atoms with van der Waals surface area (Å²) in [7, 11) is 0. The fraction of sp³-hybridized carbons (Fsp3) is 0.133. The zero-order chi connectivity index (χ0) is 14.4. The summed E-state index contributed by atoms with van der Waals surface area (Å²) < 4.78 is 0. The van der Waals surface area contributed by atoms with Crippen molar-refractivity contribution in [1.82, 2.24) is 10.3 Å². The quantitative estimate of drug-likeness (QED) is 0.822. The number of hydrogen-bond donors (Lipinski definition) is 2. The predicted octanol–water partition coefficient (Wildman–Crippen LogP) is 1.77. The van der Waals surface area contributed by atoms with Gasteiger partial charge in [0.1, 0.15) is 5.92 Å². The third-order valence-electron chi connectivity index (χ3n) is 2.85. The van der Waals surface area contributed by atoms with E-state index in [0.29, 0.717) is 6.54 Å². The van der Waals surface area contributed by atoms with E-state index in [9.17, 15) is 4.79 Å². The maximum atomic E-state index is 12.3. The van der Waals surface area contributed by atoms with Crippen LogP contribution in [0.2, 0.25) is 0 Å². The van der Waals surface area contributed by atoms with Gasteiger partial charge in [0.15, 0.2) is 0 Å². The molecule has 0 radical (unpaired) electrons. The van der Waals surface area contributed by atoms with Crippen LogP contribution < -0.4 is 11.1 Å². The third-order valence-corrected chi connectivity index (χ3v) is 3.09. The molecule has 4 nitrogen and oxygen atoms in total. The number of amides is 1. The molecule has 5 heteroatoms. The van der Waals surface area contributed by atoms with Gasteiger partial charge in [-0.2, -0.15) is 0 Å². The summed E-state index contributed by atoms with van der Waals surface area (Å²) in [4.78, 5) is 16.6. The first kappa shape index (κ1) is 14.1. The summed E-state index contributed by atoms with van der Waals surface area (Å²) in [6, 6.07) is 14.8. The minimum atomic E-state index is -0.616. The number of nitrogens with two attached hydrogens (primary N) is 1. The fourth-order valence-corrected chi connectivity index (χ4v) is 2.12. The van der Waals surface area contributed by atoms with Crippen molar-refractivity contribution in [3.8, 4) is 0 Å². The molecule has 2 aromatic rings. The summed E-state index contributed by atoms with van der Waals surface area (Å²) >= 11 is 5.01. The molecule has 2 rings (SSSR count). The molecule has 1 aromatic heterocycles. The Morgan fingerprint density at radius 1 is 1.20 bits per heavy atom. The van der Waals surface area contributed by atoms with Gasteiger partial charge in [-0.25, -0.2) is 0 Å². The van der Waals surface area contributed by atoms with Crippen LogP contribution in [0.5, 0.6) is 0 Å². The van der Waals surface area contributed by atoms with Gasteiger partial charge in [0, 0.05) is 6.20 Å². The van der Waals surface area contributed by atoms with Crippen LogP contribution in [0.3, 0.4) is 0 Å². The molecule has 0 bridgehead atoms. The first-order valence-corrected chi connectivity index (χ1v) is 6.61. The van der Waals surface area contributed by atoms with Crippen molar-refractivity contribution >= 4 is 23.1 Å². The number of nitrogens with zero attached hydrogens (tertiary/aromatic N) is 1. The number of pyridine rings is 1. The van der Waals surface area contributed by atoms with Gasteiger partial charge in [-0.3, -0.25) is 9.78 Å². The molecule has 102 valence electrons. The smallest absolute Gasteiger partial charge is 0.234 e. The molecule has 1 atom stereocenters. The van der Waals surface area contributed by atoms with Gasteiger partial charge < -0.3 is 11.1 Å². The first-order valence-electron chi connectivity index (χ1n) is 6.20. The van der Waals surface area contributed by atoms with Crippen molar-refractivity contribution in [2.24, 2.45) is 5.73 Å². The highest BCUT2D eigenvalue weighted by molar-refractivity contribution is 7.80. The topological polar surface area (TPSA) is 68.0 Å². The van der Waals surface area contributed by atoms with Crippen molar-refractivity contribution in [2.45, 2.75) is 12.5 Å². The van der Waals surface area contributed by atoms with Crippen LogP contribution in [-0.2, 0) is 11.3 Å². The van der Waals surface area contributed by atoms with Gasteiger partial charge in [0.25, 0.3) is 0 Å². The molecule has 0 aliphatic carbocycles. The Morgan fingerprint density at radius 2 is 1.90 bits per heavy atom. The van der Waals surface area contributed by atoms with Gasteiger partial charge >= 0.3 is 0 Å². The van der Waals surface area contributed by atoms with Crippen molar-refractivity contribution in [2.75, 3.05) is 0 Å². The Labute approximate surface area is 123 Å². The SMILES string of the molecule is NC(=S)C(C(=O)NCc1ccccn1)c1ccccc1. The van der Waals surface area contributed by atoms with Crippen LogP contribution in [0.4, 0.5) is 0 Å². The zero-order valence-electron chi connectivity index (χ0n) is 10.8. The molecule has 0 aliphatic rings. The molecule has 1 amide bonds. The van der Waals surface area contributed by atoms with Crippen molar-refractivity contribution in [1.29, 1.82) is 0 Å². The molecule has 0 aliphatic heterocycles. The molecule has 20 heavy (non-hydrogen) atoms. The van der Waals surface area contributed by atoms with E-state index in [-0.39, 0.29) is 10.9 Å². The van der Waals surface area contributed by atoms with Crippen LogP contribution in [0.25, 0.3) is 0 Å². The second-order valence-corrected chi connectivity index (χ2v) is 4.76. The average molecular weight is 285 g/mol. The number of carbonyl (C=O) groups excluding carboxylic acids is 1. The third kappa shape index (κ3) is 3.61. The minimum Gasteiger partial charge on any atom is -0.392 e. The van der Waals surface area contributed by atoms with Crippen LogP contribution in [0.1, 0.15) is 17.2 Å². The van der Waals surface area contributed by atoms with Crippen LogP contribution in [-0.4, -0.2) is 15.9 Å². The molecule has 0 saturated heterocycles. The number of nitrogens with one attached hydrogen (secondary N) is 1. The maximum Gasteiger partial charge on any atom is 0.234 e. The second-order valence-electron chi connectivity index (χ2n) is 4.28. The summed E-state index contributed by atoms with van der Waals surface area (Å²) in [5.41, 5.74) is 7.27. The number of aromatic nitrogens is 1. The largest absolute Gasteiger partial charge is 0.392 e. The fourth-order valence-electron chi connectivity index (χ4n) is 1.87. The molecule has 0 spiro atoms. The first-order chi connectivity index (χ1) is 9.68. The molecule has 0 fully saturated rings. The number of thiocarbonyl (C=S) groups is 1. The van der Waals surface area contributed by atoms with Crippen molar-refractivity contribution < 1.29 is 4.79 Å². The van der Waals surface area contributed by atoms with E-state index in [4.69, 9.17) is 18.0 Å². The van der Waals surface area contributed by atoms with Crippen LogP contribution >= 0.6 is 12.2 Å². The van der Waals surface area contributed by atoms with Crippen LogP contribution in [0, 0.1) is 0 Å². The summed E-state index contributed by atoms with van der Waals surface area (Å²) in [6.07, 6.45) is 1.68. The van der Waals surface area contributed by atoms with E-state index in [1.165, 1.54) is 0 Å². The lowest BCUT2D eigenvalue weighted by Gasteiger charge is -2.15. The Morgan fingerprint density at radius 3 is 2.50 bits per heavy atom. The van der Waals surface area contributed by atoms with Crippen LogP contribution in [0.15, 0.2) is 54.7 Å². The van der Waals surface area contributed by atoms with Gasteiger partial charge in [-0.1, -0.05) is 48.6 Å². The number of benzene rings is 1. The van der Waals surface area contributed by atoms with Crippen molar-refractivity contribution in [3.63, 3.8) is 0 Å². The van der Waals surface area contributed by atoms with E-state index in [1.807, 2.05) is 48.5 Å². The van der Waals surface area contributed by atoms with E-state index in [2.05, 4.69) is 10.3 Å². The maximum absolute atomic E-state index is 12.3. The molecular weight excluding hydrogens is 270 g/mol. The lowest BCUT2D eigenvalue weighted by molar-refractivity contribution is -0.121. The summed E-state index contributed by atoms with van der Waals surface area (Å²) in [5, 5.41) is 2.81. The molecule has 1 unspecified atom stereocenters. The lowest BCUT2D eigenvalue weighted by Crippen LogP contribution is -2.36. The number of rotatable bonds is 5. The summed E-state index contributed by atoms with van der Waals surface area (Å²) in [5.74, 6) is -0.829.